The molecule has 0 bridgehead atoms. The predicted octanol–water partition coefficient (Wildman–Crippen LogP) is 3.67. The van der Waals surface area contributed by atoms with Crippen molar-refractivity contribution in [1.29, 1.82) is 0 Å². The Labute approximate surface area is 115 Å². The fraction of sp³-hybridized carbons (Fsp3) is 0.438. The lowest BCUT2D eigenvalue weighted by atomic mass is 10.1. The number of benzene rings is 1. The standard InChI is InChI=1S/C16H23N3/c1-5-17-13(4)14-6-8-15(9-7-14)19-11-10-16(18-19)12(2)3/h6-13,17H,5H2,1-4H3. The Bertz CT molecular complexity index is 511. The van der Waals surface area contributed by atoms with Crippen molar-refractivity contribution in [2.75, 3.05) is 6.54 Å². The molecule has 0 amide bonds. The van der Waals surface area contributed by atoms with E-state index in [1.54, 1.807) is 0 Å². The lowest BCUT2D eigenvalue weighted by molar-refractivity contribution is 0.598. The summed E-state index contributed by atoms with van der Waals surface area (Å²) in [5.41, 5.74) is 3.55. The van der Waals surface area contributed by atoms with E-state index < -0.39 is 0 Å². The minimum Gasteiger partial charge on any atom is -0.310 e. The summed E-state index contributed by atoms with van der Waals surface area (Å²) in [5, 5.41) is 8.01. The second-order valence-corrected chi connectivity index (χ2v) is 5.21. The van der Waals surface area contributed by atoms with Crippen LogP contribution in [0.5, 0.6) is 0 Å². The number of nitrogens with zero attached hydrogens (tertiary/aromatic N) is 2. The van der Waals surface area contributed by atoms with Crippen LogP contribution < -0.4 is 5.32 Å². The average molecular weight is 257 g/mol. The van der Waals surface area contributed by atoms with Crippen LogP contribution in [-0.2, 0) is 0 Å². The van der Waals surface area contributed by atoms with Gasteiger partial charge in [-0.15, -0.1) is 0 Å². The average Bonchev–Trinajstić information content (AvgIpc) is 2.89. The van der Waals surface area contributed by atoms with Gasteiger partial charge in [0.15, 0.2) is 0 Å². The molecule has 0 fully saturated rings. The fourth-order valence-corrected chi connectivity index (χ4v) is 2.13. The molecule has 0 radical (unpaired) electrons. The first kappa shape index (κ1) is 13.8. The SMILES string of the molecule is CCNC(C)c1ccc(-n2ccc(C(C)C)n2)cc1. The van der Waals surface area contributed by atoms with Gasteiger partial charge < -0.3 is 5.32 Å². The number of aromatic nitrogens is 2. The molecule has 3 nitrogen and oxygen atoms in total. The molecule has 102 valence electrons. The minimum atomic E-state index is 0.392. The molecule has 2 rings (SSSR count). The highest BCUT2D eigenvalue weighted by atomic mass is 15.3. The summed E-state index contributed by atoms with van der Waals surface area (Å²) < 4.78 is 1.94. The van der Waals surface area contributed by atoms with Crippen LogP contribution in [0.15, 0.2) is 36.5 Å². The Kier molecular flexibility index (Phi) is 4.38. The Morgan fingerprint density at radius 3 is 2.32 bits per heavy atom. The molecule has 0 aliphatic heterocycles. The van der Waals surface area contributed by atoms with Crippen LogP contribution in [0.3, 0.4) is 0 Å². The Morgan fingerprint density at radius 1 is 1.11 bits per heavy atom. The van der Waals surface area contributed by atoms with Gasteiger partial charge >= 0.3 is 0 Å². The van der Waals surface area contributed by atoms with Gasteiger partial charge in [-0.25, -0.2) is 4.68 Å². The molecule has 3 heteroatoms. The first-order valence-corrected chi connectivity index (χ1v) is 7.01. The molecular weight excluding hydrogens is 234 g/mol. The van der Waals surface area contributed by atoms with E-state index in [9.17, 15) is 0 Å². The van der Waals surface area contributed by atoms with Gasteiger partial charge in [-0.2, -0.15) is 5.10 Å². The molecule has 1 heterocycles. The van der Waals surface area contributed by atoms with Gasteiger partial charge in [-0.05, 0) is 43.1 Å². The minimum absolute atomic E-state index is 0.392. The fourth-order valence-electron chi connectivity index (χ4n) is 2.13. The molecule has 0 saturated heterocycles. The van der Waals surface area contributed by atoms with E-state index in [0.29, 0.717) is 12.0 Å². The Morgan fingerprint density at radius 2 is 1.79 bits per heavy atom. The summed E-state index contributed by atoms with van der Waals surface area (Å²) in [6.45, 7) is 9.62. The van der Waals surface area contributed by atoms with Crippen molar-refractivity contribution in [2.24, 2.45) is 0 Å². The Balaban J connectivity index is 2.17. The van der Waals surface area contributed by atoms with Crippen LogP contribution in [0.25, 0.3) is 5.69 Å². The van der Waals surface area contributed by atoms with E-state index in [4.69, 9.17) is 0 Å². The van der Waals surface area contributed by atoms with E-state index in [-0.39, 0.29) is 0 Å². The van der Waals surface area contributed by atoms with Crippen molar-refractivity contribution in [3.8, 4) is 5.69 Å². The van der Waals surface area contributed by atoms with Crippen molar-refractivity contribution in [3.63, 3.8) is 0 Å². The normalized spacial score (nSPS) is 12.9. The largest absolute Gasteiger partial charge is 0.310 e. The highest BCUT2D eigenvalue weighted by Gasteiger charge is 2.06. The number of hydrogen-bond donors (Lipinski definition) is 1. The third kappa shape index (κ3) is 3.24. The molecule has 1 atom stereocenters. The Hall–Kier alpha value is -1.61. The maximum absolute atomic E-state index is 4.59. The van der Waals surface area contributed by atoms with Gasteiger partial charge in [0.25, 0.3) is 0 Å². The van der Waals surface area contributed by atoms with E-state index in [1.807, 2.05) is 10.9 Å². The maximum Gasteiger partial charge on any atom is 0.0654 e. The molecule has 0 spiro atoms. The van der Waals surface area contributed by atoms with Crippen molar-refractivity contribution in [1.82, 2.24) is 15.1 Å². The van der Waals surface area contributed by atoms with Gasteiger partial charge in [0.1, 0.15) is 0 Å². The van der Waals surface area contributed by atoms with Crippen LogP contribution in [0, 0.1) is 0 Å². The molecule has 1 unspecified atom stereocenters. The van der Waals surface area contributed by atoms with Crippen LogP contribution >= 0.6 is 0 Å². The topological polar surface area (TPSA) is 29.9 Å². The molecule has 0 aliphatic rings. The monoisotopic (exact) mass is 257 g/mol. The zero-order chi connectivity index (χ0) is 13.8. The molecule has 0 saturated carbocycles. The molecule has 1 aromatic heterocycles. The van der Waals surface area contributed by atoms with E-state index in [1.165, 1.54) is 5.56 Å². The van der Waals surface area contributed by atoms with Gasteiger partial charge in [-0.3, -0.25) is 0 Å². The van der Waals surface area contributed by atoms with E-state index in [2.05, 4.69) is 68.4 Å². The van der Waals surface area contributed by atoms with Crippen molar-refractivity contribution < 1.29 is 0 Å². The van der Waals surface area contributed by atoms with E-state index >= 15 is 0 Å². The zero-order valence-electron chi connectivity index (χ0n) is 12.2. The van der Waals surface area contributed by atoms with Gasteiger partial charge in [0, 0.05) is 12.2 Å². The first-order valence-electron chi connectivity index (χ1n) is 7.01. The predicted molar refractivity (Wildman–Crippen MR) is 79.7 cm³/mol. The molecule has 0 aliphatic carbocycles. The van der Waals surface area contributed by atoms with Crippen molar-refractivity contribution in [2.45, 2.75) is 39.7 Å². The van der Waals surface area contributed by atoms with Crippen LogP contribution in [0.2, 0.25) is 0 Å². The summed E-state index contributed by atoms with van der Waals surface area (Å²) in [4.78, 5) is 0. The van der Waals surface area contributed by atoms with Crippen molar-refractivity contribution in [3.05, 3.63) is 47.8 Å². The van der Waals surface area contributed by atoms with Gasteiger partial charge in [-0.1, -0.05) is 32.9 Å². The number of rotatable bonds is 5. The molecule has 2 aromatic rings. The number of nitrogens with one attached hydrogen (secondary N) is 1. The quantitative estimate of drug-likeness (QED) is 0.885. The summed E-state index contributed by atoms with van der Waals surface area (Å²) >= 11 is 0. The summed E-state index contributed by atoms with van der Waals surface area (Å²) in [5.74, 6) is 0.467. The summed E-state index contributed by atoms with van der Waals surface area (Å²) in [7, 11) is 0. The highest BCUT2D eigenvalue weighted by Crippen LogP contribution is 2.17. The van der Waals surface area contributed by atoms with Crippen LogP contribution in [-0.4, -0.2) is 16.3 Å². The third-order valence-electron chi connectivity index (χ3n) is 3.37. The van der Waals surface area contributed by atoms with Gasteiger partial charge in [0.05, 0.1) is 11.4 Å². The third-order valence-corrected chi connectivity index (χ3v) is 3.37. The first-order chi connectivity index (χ1) is 9.11. The molecule has 19 heavy (non-hydrogen) atoms. The number of hydrogen-bond acceptors (Lipinski definition) is 2. The lowest BCUT2D eigenvalue weighted by Gasteiger charge is -2.13. The summed E-state index contributed by atoms with van der Waals surface area (Å²) in [6, 6.07) is 11.1. The molecule has 1 aromatic carbocycles. The van der Waals surface area contributed by atoms with Crippen LogP contribution in [0.4, 0.5) is 0 Å². The smallest absolute Gasteiger partial charge is 0.0654 e. The van der Waals surface area contributed by atoms with Crippen molar-refractivity contribution >= 4 is 0 Å². The zero-order valence-corrected chi connectivity index (χ0v) is 12.2. The molecular formula is C16H23N3. The second kappa shape index (κ2) is 6.02. The highest BCUT2D eigenvalue weighted by molar-refractivity contribution is 5.35. The van der Waals surface area contributed by atoms with Gasteiger partial charge in [0.2, 0.25) is 0 Å². The van der Waals surface area contributed by atoms with Crippen LogP contribution in [0.1, 0.15) is 50.9 Å². The second-order valence-electron chi connectivity index (χ2n) is 5.21. The maximum atomic E-state index is 4.59. The summed E-state index contributed by atoms with van der Waals surface area (Å²) in [6.07, 6.45) is 2.03. The lowest BCUT2D eigenvalue weighted by Crippen LogP contribution is -2.17. The molecule has 1 N–H and O–H groups in total. The van der Waals surface area contributed by atoms with E-state index in [0.717, 1.165) is 17.9 Å².